The third kappa shape index (κ3) is 1.82. The highest BCUT2D eigenvalue weighted by Crippen LogP contribution is 2.33. The van der Waals surface area contributed by atoms with Crippen LogP contribution in [0.3, 0.4) is 0 Å². The van der Waals surface area contributed by atoms with E-state index in [4.69, 9.17) is 0 Å². The molecule has 0 saturated carbocycles. The van der Waals surface area contributed by atoms with Crippen LogP contribution in [0, 0.1) is 5.92 Å². The molecule has 0 spiro atoms. The first-order valence-electron chi connectivity index (χ1n) is 5.92. The lowest BCUT2D eigenvalue weighted by Gasteiger charge is -2.37. The van der Waals surface area contributed by atoms with Gasteiger partial charge in [0, 0.05) is 19.3 Å². The van der Waals surface area contributed by atoms with E-state index in [2.05, 4.69) is 31.1 Å². The van der Waals surface area contributed by atoms with E-state index in [0.717, 1.165) is 36.2 Å². The molecular formula is C12H14BrN3O. The van der Waals surface area contributed by atoms with Crippen molar-refractivity contribution in [1.29, 1.82) is 0 Å². The summed E-state index contributed by atoms with van der Waals surface area (Å²) in [5.41, 5.74) is 0. The third-order valence-corrected chi connectivity index (χ3v) is 4.23. The van der Waals surface area contributed by atoms with Crippen molar-refractivity contribution in [2.24, 2.45) is 5.92 Å². The molecule has 2 aliphatic rings. The van der Waals surface area contributed by atoms with Crippen LogP contribution in [0.25, 0.3) is 0 Å². The molecule has 2 aliphatic heterocycles. The average Bonchev–Trinajstić information content (AvgIpc) is 2.72. The lowest BCUT2D eigenvalue weighted by molar-refractivity contribution is -0.122. The monoisotopic (exact) mass is 295 g/mol. The summed E-state index contributed by atoms with van der Waals surface area (Å²) in [5.74, 6) is 1.29. The first-order valence-corrected chi connectivity index (χ1v) is 6.71. The summed E-state index contributed by atoms with van der Waals surface area (Å²) in [7, 11) is 0. The Hall–Kier alpha value is -1.10. The van der Waals surface area contributed by atoms with E-state index < -0.39 is 0 Å². The van der Waals surface area contributed by atoms with Crippen LogP contribution in [0.2, 0.25) is 0 Å². The molecule has 17 heavy (non-hydrogen) atoms. The van der Waals surface area contributed by atoms with E-state index in [1.807, 2.05) is 12.1 Å². The Morgan fingerprint density at radius 1 is 1.53 bits per heavy atom. The molecule has 1 aromatic rings. The Morgan fingerprint density at radius 2 is 2.41 bits per heavy atom. The van der Waals surface area contributed by atoms with Crippen molar-refractivity contribution in [3.63, 3.8) is 0 Å². The Balaban J connectivity index is 1.93. The molecule has 0 bridgehead atoms. The number of hydrogen-bond acceptors (Lipinski definition) is 3. The molecule has 1 N–H and O–H groups in total. The molecule has 3 heterocycles. The maximum Gasteiger partial charge on any atom is 0.225 e. The van der Waals surface area contributed by atoms with Gasteiger partial charge in [-0.05, 0) is 40.9 Å². The van der Waals surface area contributed by atoms with Crippen molar-refractivity contribution in [3.8, 4) is 0 Å². The fourth-order valence-corrected chi connectivity index (χ4v) is 3.29. The summed E-state index contributed by atoms with van der Waals surface area (Å²) < 4.78 is 1.000. The highest BCUT2D eigenvalue weighted by atomic mass is 79.9. The summed E-state index contributed by atoms with van der Waals surface area (Å²) >= 11 is 3.53. The maximum atomic E-state index is 11.7. The van der Waals surface area contributed by atoms with E-state index in [1.54, 1.807) is 6.20 Å². The van der Waals surface area contributed by atoms with Crippen LogP contribution in [0.4, 0.5) is 5.82 Å². The first kappa shape index (κ1) is 11.0. The number of carbonyl (C=O) groups excluding carboxylic acids is 1. The molecule has 0 aliphatic carbocycles. The van der Waals surface area contributed by atoms with Crippen molar-refractivity contribution in [3.05, 3.63) is 22.8 Å². The predicted molar refractivity (Wildman–Crippen MR) is 68.8 cm³/mol. The number of aromatic nitrogens is 1. The fraction of sp³-hybridized carbons (Fsp3) is 0.500. The van der Waals surface area contributed by atoms with Crippen molar-refractivity contribution in [1.82, 2.24) is 10.3 Å². The van der Waals surface area contributed by atoms with E-state index in [-0.39, 0.29) is 17.9 Å². The molecule has 2 saturated heterocycles. The summed E-state index contributed by atoms with van der Waals surface area (Å²) in [6, 6.07) is 4.17. The van der Waals surface area contributed by atoms with Gasteiger partial charge in [0.05, 0.1) is 16.4 Å². The predicted octanol–water partition coefficient (Wildman–Crippen LogP) is 1.56. The third-order valence-electron chi connectivity index (χ3n) is 3.61. The number of halogens is 1. The van der Waals surface area contributed by atoms with Crippen LogP contribution >= 0.6 is 15.9 Å². The molecule has 90 valence electrons. The SMILES string of the molecule is O=C1NCC2C1CCCN2c1ncccc1Br. The van der Waals surface area contributed by atoms with Gasteiger partial charge in [0.1, 0.15) is 5.82 Å². The van der Waals surface area contributed by atoms with Gasteiger partial charge in [-0.15, -0.1) is 0 Å². The number of fused-ring (bicyclic) bond motifs is 1. The van der Waals surface area contributed by atoms with E-state index in [1.165, 1.54) is 0 Å². The topological polar surface area (TPSA) is 45.2 Å². The van der Waals surface area contributed by atoms with E-state index >= 15 is 0 Å². The number of anilines is 1. The number of amides is 1. The van der Waals surface area contributed by atoms with E-state index in [9.17, 15) is 4.79 Å². The van der Waals surface area contributed by atoms with Gasteiger partial charge in [-0.1, -0.05) is 0 Å². The molecule has 0 aromatic carbocycles. The molecule has 1 aromatic heterocycles. The maximum absolute atomic E-state index is 11.7. The van der Waals surface area contributed by atoms with Crippen molar-refractivity contribution < 1.29 is 4.79 Å². The Morgan fingerprint density at radius 3 is 3.24 bits per heavy atom. The van der Waals surface area contributed by atoms with Crippen LogP contribution < -0.4 is 10.2 Å². The molecule has 4 nitrogen and oxygen atoms in total. The van der Waals surface area contributed by atoms with Gasteiger partial charge in [-0.2, -0.15) is 0 Å². The normalized spacial score (nSPS) is 27.8. The molecule has 2 fully saturated rings. The highest BCUT2D eigenvalue weighted by Gasteiger charge is 2.41. The molecule has 5 heteroatoms. The molecule has 1 amide bonds. The van der Waals surface area contributed by atoms with Crippen LogP contribution in [0.5, 0.6) is 0 Å². The van der Waals surface area contributed by atoms with Crippen LogP contribution in [0.15, 0.2) is 22.8 Å². The van der Waals surface area contributed by atoms with Crippen LogP contribution in [-0.2, 0) is 4.79 Å². The zero-order chi connectivity index (χ0) is 11.8. The first-order chi connectivity index (χ1) is 8.27. The van der Waals surface area contributed by atoms with Crippen molar-refractivity contribution >= 4 is 27.7 Å². The second kappa shape index (κ2) is 4.29. The zero-order valence-corrected chi connectivity index (χ0v) is 11.0. The quantitative estimate of drug-likeness (QED) is 0.855. The largest absolute Gasteiger partial charge is 0.354 e. The summed E-state index contributed by atoms with van der Waals surface area (Å²) in [6.07, 6.45) is 3.85. The fourth-order valence-electron chi connectivity index (χ4n) is 2.80. The lowest BCUT2D eigenvalue weighted by atomic mass is 9.91. The molecule has 2 unspecified atom stereocenters. The second-order valence-corrected chi connectivity index (χ2v) is 5.42. The Bertz CT molecular complexity index is 451. The highest BCUT2D eigenvalue weighted by molar-refractivity contribution is 9.10. The number of pyridine rings is 1. The molecule has 2 atom stereocenters. The van der Waals surface area contributed by atoms with Gasteiger partial charge in [0.25, 0.3) is 0 Å². The number of carbonyl (C=O) groups is 1. The minimum absolute atomic E-state index is 0.137. The summed E-state index contributed by atoms with van der Waals surface area (Å²) in [4.78, 5) is 18.4. The van der Waals surface area contributed by atoms with Gasteiger partial charge in [0.15, 0.2) is 0 Å². The smallest absolute Gasteiger partial charge is 0.225 e. The number of hydrogen-bond donors (Lipinski definition) is 1. The standard InChI is InChI=1S/C12H14BrN3O/c13-9-4-1-5-14-11(9)16-6-2-3-8-10(16)7-15-12(8)17/h1,4-5,8,10H,2-3,6-7H2,(H,15,17). The number of piperidine rings is 1. The minimum atomic E-state index is 0.137. The zero-order valence-electron chi connectivity index (χ0n) is 9.40. The van der Waals surface area contributed by atoms with E-state index in [0.29, 0.717) is 0 Å². The van der Waals surface area contributed by atoms with Gasteiger partial charge in [0.2, 0.25) is 5.91 Å². The average molecular weight is 296 g/mol. The molecular weight excluding hydrogens is 282 g/mol. The number of rotatable bonds is 1. The molecule has 3 rings (SSSR count). The summed E-state index contributed by atoms with van der Waals surface area (Å²) in [6.45, 7) is 1.72. The van der Waals surface area contributed by atoms with Gasteiger partial charge in [-0.25, -0.2) is 4.98 Å². The summed E-state index contributed by atoms with van der Waals surface area (Å²) in [5, 5.41) is 2.96. The van der Waals surface area contributed by atoms with Gasteiger partial charge < -0.3 is 10.2 Å². The van der Waals surface area contributed by atoms with Crippen molar-refractivity contribution in [2.45, 2.75) is 18.9 Å². The van der Waals surface area contributed by atoms with Gasteiger partial charge in [-0.3, -0.25) is 4.79 Å². The minimum Gasteiger partial charge on any atom is -0.354 e. The van der Waals surface area contributed by atoms with Crippen LogP contribution in [-0.4, -0.2) is 30.0 Å². The van der Waals surface area contributed by atoms with Gasteiger partial charge >= 0.3 is 0 Å². The molecule has 0 radical (unpaired) electrons. The van der Waals surface area contributed by atoms with Crippen molar-refractivity contribution in [2.75, 3.05) is 18.0 Å². The Kier molecular flexibility index (Phi) is 2.78. The van der Waals surface area contributed by atoms with Crippen LogP contribution in [0.1, 0.15) is 12.8 Å². The lowest BCUT2D eigenvalue weighted by Crippen LogP contribution is -2.46. The second-order valence-electron chi connectivity index (χ2n) is 4.56. The Labute approximate surface area is 109 Å². The number of nitrogens with one attached hydrogen (secondary N) is 1. The number of nitrogens with zero attached hydrogens (tertiary/aromatic N) is 2.